The number of piperidine rings is 1. The fourth-order valence-electron chi connectivity index (χ4n) is 3.90. The van der Waals surface area contributed by atoms with Gasteiger partial charge in [0.1, 0.15) is 0 Å². The summed E-state index contributed by atoms with van der Waals surface area (Å²) in [6, 6.07) is 11.6. The molecular formula is C23H28ClN5O. The summed E-state index contributed by atoms with van der Waals surface area (Å²) in [5.74, 6) is 2.68. The van der Waals surface area contributed by atoms with Crippen LogP contribution in [0.4, 0.5) is 11.6 Å². The number of amides is 1. The van der Waals surface area contributed by atoms with Crippen LogP contribution in [0.2, 0.25) is 5.02 Å². The predicted molar refractivity (Wildman–Crippen MR) is 122 cm³/mol. The van der Waals surface area contributed by atoms with Gasteiger partial charge in [0, 0.05) is 50.4 Å². The molecule has 0 atom stereocenters. The molecule has 1 aromatic carbocycles. The fourth-order valence-corrected chi connectivity index (χ4v) is 4.02. The van der Waals surface area contributed by atoms with Crippen molar-refractivity contribution in [1.82, 2.24) is 15.1 Å². The lowest BCUT2D eigenvalue weighted by atomic mass is 9.99. The summed E-state index contributed by atoms with van der Waals surface area (Å²) in [5.41, 5.74) is 0.963. The Bertz CT molecular complexity index is 867. The minimum Gasteiger partial charge on any atom is -0.355 e. The standard InChI is InChI=1S/C23H28ClN5O/c1-18-10-12-27(13-11-18)21-7-8-22(26-25-21)28-14-16-29(17-15-28)23(30)9-4-19-2-5-20(24)6-3-19/h2-9,18H,10-17H2,1H3/b9-4+. The molecule has 0 radical (unpaired) electrons. The van der Waals surface area contributed by atoms with Crippen molar-refractivity contribution in [3.05, 3.63) is 53.1 Å². The quantitative estimate of drug-likeness (QED) is 0.698. The van der Waals surface area contributed by atoms with Crippen LogP contribution in [-0.4, -0.2) is 60.3 Å². The van der Waals surface area contributed by atoms with E-state index in [2.05, 4.69) is 39.1 Å². The number of nitrogens with zero attached hydrogens (tertiary/aromatic N) is 5. The minimum absolute atomic E-state index is 0.0327. The molecule has 0 spiro atoms. The van der Waals surface area contributed by atoms with Gasteiger partial charge >= 0.3 is 0 Å². The first-order valence-corrected chi connectivity index (χ1v) is 11.0. The molecule has 3 heterocycles. The second kappa shape index (κ2) is 9.47. The topological polar surface area (TPSA) is 52.6 Å². The minimum atomic E-state index is 0.0327. The molecule has 0 aliphatic carbocycles. The monoisotopic (exact) mass is 425 g/mol. The molecule has 0 saturated carbocycles. The first-order chi connectivity index (χ1) is 14.6. The molecule has 158 valence electrons. The predicted octanol–water partition coefficient (Wildman–Crippen LogP) is 3.73. The van der Waals surface area contributed by atoms with E-state index in [1.54, 1.807) is 6.08 Å². The molecule has 0 N–H and O–H groups in total. The maximum atomic E-state index is 12.5. The molecule has 0 bridgehead atoms. The van der Waals surface area contributed by atoms with Crippen LogP contribution in [0.3, 0.4) is 0 Å². The summed E-state index contributed by atoms with van der Waals surface area (Å²) in [7, 11) is 0. The highest BCUT2D eigenvalue weighted by atomic mass is 35.5. The summed E-state index contributed by atoms with van der Waals surface area (Å²) in [6.45, 7) is 7.29. The highest BCUT2D eigenvalue weighted by Gasteiger charge is 2.22. The number of carbonyl (C=O) groups excluding carboxylic acids is 1. The first kappa shape index (κ1) is 20.7. The number of piperazine rings is 1. The Balaban J connectivity index is 1.28. The van der Waals surface area contributed by atoms with Gasteiger partial charge in [-0.05, 0) is 54.7 Å². The summed E-state index contributed by atoms with van der Waals surface area (Å²) in [4.78, 5) is 18.9. The average molecular weight is 426 g/mol. The Morgan fingerprint density at radius 1 is 0.900 bits per heavy atom. The van der Waals surface area contributed by atoms with Gasteiger partial charge in [-0.25, -0.2) is 0 Å². The molecule has 1 aromatic heterocycles. The van der Waals surface area contributed by atoms with Gasteiger partial charge in [-0.3, -0.25) is 4.79 Å². The summed E-state index contributed by atoms with van der Waals surface area (Å²) < 4.78 is 0. The number of aromatic nitrogens is 2. The SMILES string of the molecule is CC1CCN(c2ccc(N3CCN(C(=O)/C=C/c4ccc(Cl)cc4)CC3)nn2)CC1. The maximum absolute atomic E-state index is 12.5. The number of hydrogen-bond acceptors (Lipinski definition) is 5. The number of rotatable bonds is 4. The van der Waals surface area contributed by atoms with Crippen molar-refractivity contribution in [2.24, 2.45) is 5.92 Å². The highest BCUT2D eigenvalue weighted by Crippen LogP contribution is 2.22. The van der Waals surface area contributed by atoms with Crippen molar-refractivity contribution < 1.29 is 4.79 Å². The normalized spacial score (nSPS) is 18.3. The molecule has 0 unspecified atom stereocenters. The number of hydrogen-bond donors (Lipinski definition) is 0. The summed E-state index contributed by atoms with van der Waals surface area (Å²) in [5, 5.41) is 9.61. The van der Waals surface area contributed by atoms with Gasteiger partial charge in [-0.2, -0.15) is 0 Å². The van der Waals surface area contributed by atoms with Crippen molar-refractivity contribution in [1.29, 1.82) is 0 Å². The Labute approximate surface area is 183 Å². The highest BCUT2D eigenvalue weighted by molar-refractivity contribution is 6.30. The lowest BCUT2D eigenvalue weighted by molar-refractivity contribution is -0.126. The Morgan fingerprint density at radius 3 is 2.03 bits per heavy atom. The molecule has 2 aromatic rings. The number of carbonyl (C=O) groups is 1. The molecule has 1 amide bonds. The van der Waals surface area contributed by atoms with E-state index in [1.165, 1.54) is 12.8 Å². The molecule has 6 nitrogen and oxygen atoms in total. The lowest BCUT2D eigenvalue weighted by Gasteiger charge is -2.35. The summed E-state index contributed by atoms with van der Waals surface area (Å²) in [6.07, 6.45) is 5.89. The molecule has 7 heteroatoms. The maximum Gasteiger partial charge on any atom is 0.246 e. The fraction of sp³-hybridized carbons (Fsp3) is 0.435. The van der Waals surface area contributed by atoms with E-state index in [0.717, 1.165) is 49.3 Å². The van der Waals surface area contributed by atoms with Gasteiger partial charge in [0.2, 0.25) is 5.91 Å². The molecule has 30 heavy (non-hydrogen) atoms. The number of benzene rings is 1. The first-order valence-electron chi connectivity index (χ1n) is 10.6. The molecular weight excluding hydrogens is 398 g/mol. The van der Waals surface area contributed by atoms with Crippen LogP contribution >= 0.6 is 11.6 Å². The Morgan fingerprint density at radius 2 is 1.47 bits per heavy atom. The van der Waals surface area contributed by atoms with Crippen LogP contribution < -0.4 is 9.80 Å². The van der Waals surface area contributed by atoms with E-state index in [9.17, 15) is 4.79 Å². The van der Waals surface area contributed by atoms with Crippen molar-refractivity contribution in [3.8, 4) is 0 Å². The van der Waals surface area contributed by atoms with E-state index >= 15 is 0 Å². The smallest absolute Gasteiger partial charge is 0.246 e. The average Bonchev–Trinajstić information content (AvgIpc) is 2.79. The second-order valence-corrected chi connectivity index (χ2v) is 8.55. The van der Waals surface area contributed by atoms with Crippen LogP contribution in [0.15, 0.2) is 42.5 Å². The van der Waals surface area contributed by atoms with Crippen LogP contribution in [0.1, 0.15) is 25.3 Å². The van der Waals surface area contributed by atoms with Crippen LogP contribution in [0, 0.1) is 5.92 Å². The zero-order valence-electron chi connectivity index (χ0n) is 17.4. The molecule has 2 fully saturated rings. The van der Waals surface area contributed by atoms with Crippen LogP contribution in [-0.2, 0) is 4.79 Å². The van der Waals surface area contributed by atoms with E-state index in [-0.39, 0.29) is 5.91 Å². The zero-order valence-corrected chi connectivity index (χ0v) is 18.1. The van der Waals surface area contributed by atoms with Gasteiger partial charge in [-0.1, -0.05) is 30.7 Å². The molecule has 2 saturated heterocycles. The van der Waals surface area contributed by atoms with Crippen molar-refractivity contribution in [3.63, 3.8) is 0 Å². The van der Waals surface area contributed by atoms with E-state index < -0.39 is 0 Å². The van der Waals surface area contributed by atoms with Crippen molar-refractivity contribution in [2.45, 2.75) is 19.8 Å². The van der Waals surface area contributed by atoms with Crippen molar-refractivity contribution >= 4 is 35.2 Å². The second-order valence-electron chi connectivity index (χ2n) is 8.12. The van der Waals surface area contributed by atoms with Gasteiger partial charge in [0.05, 0.1) is 0 Å². The third kappa shape index (κ3) is 5.11. The van der Waals surface area contributed by atoms with Gasteiger partial charge in [0.25, 0.3) is 0 Å². The molecule has 2 aliphatic rings. The van der Waals surface area contributed by atoms with E-state index in [4.69, 9.17) is 11.6 Å². The van der Waals surface area contributed by atoms with Crippen LogP contribution in [0.5, 0.6) is 0 Å². The number of halogens is 1. The van der Waals surface area contributed by atoms with Crippen LogP contribution in [0.25, 0.3) is 6.08 Å². The van der Waals surface area contributed by atoms with Gasteiger partial charge in [0.15, 0.2) is 11.6 Å². The zero-order chi connectivity index (χ0) is 20.9. The third-order valence-corrected chi connectivity index (χ3v) is 6.20. The van der Waals surface area contributed by atoms with E-state index in [1.807, 2.05) is 35.2 Å². The molecule has 4 rings (SSSR count). The largest absolute Gasteiger partial charge is 0.355 e. The van der Waals surface area contributed by atoms with Crippen molar-refractivity contribution in [2.75, 3.05) is 49.1 Å². The van der Waals surface area contributed by atoms with E-state index in [0.29, 0.717) is 18.1 Å². The summed E-state index contributed by atoms with van der Waals surface area (Å²) >= 11 is 5.90. The molecule has 2 aliphatic heterocycles. The Hall–Kier alpha value is -2.60. The Kier molecular flexibility index (Phi) is 6.53. The van der Waals surface area contributed by atoms with Gasteiger partial charge < -0.3 is 14.7 Å². The number of anilines is 2. The lowest BCUT2D eigenvalue weighted by Crippen LogP contribution is -2.48. The third-order valence-electron chi connectivity index (χ3n) is 5.95. The van der Waals surface area contributed by atoms with Gasteiger partial charge in [-0.15, -0.1) is 10.2 Å².